The molecule has 2 N–H and O–H groups in total. The van der Waals surface area contributed by atoms with Crippen molar-refractivity contribution >= 4 is 11.8 Å². The van der Waals surface area contributed by atoms with E-state index in [9.17, 15) is 9.90 Å². The molecule has 0 bridgehead atoms. The van der Waals surface area contributed by atoms with Crippen molar-refractivity contribution in [1.29, 1.82) is 0 Å². The Labute approximate surface area is 113 Å². The largest absolute Gasteiger partial charge is 0.465 e. The molecule has 3 atom stereocenters. The van der Waals surface area contributed by atoms with E-state index in [1.165, 1.54) is 11.3 Å². The number of benzene rings is 1. The van der Waals surface area contributed by atoms with Gasteiger partial charge >= 0.3 is 6.09 Å². The number of hydrogen-bond donors (Lipinski definition) is 2. The average Bonchev–Trinajstić information content (AvgIpc) is 2.76. The first kappa shape index (κ1) is 12.3. The summed E-state index contributed by atoms with van der Waals surface area (Å²) in [5, 5.41) is 12.8. The van der Waals surface area contributed by atoms with Crippen LogP contribution in [0.5, 0.6) is 0 Å². The molecule has 1 amide bonds. The van der Waals surface area contributed by atoms with Crippen LogP contribution in [-0.2, 0) is 0 Å². The molecule has 1 saturated carbocycles. The summed E-state index contributed by atoms with van der Waals surface area (Å²) in [7, 11) is 0. The van der Waals surface area contributed by atoms with Crippen molar-refractivity contribution in [3.63, 3.8) is 0 Å². The first-order valence-corrected chi connectivity index (χ1v) is 7.05. The van der Waals surface area contributed by atoms with E-state index in [1.54, 1.807) is 4.90 Å². The van der Waals surface area contributed by atoms with E-state index in [0.717, 1.165) is 19.3 Å². The van der Waals surface area contributed by atoms with E-state index in [4.69, 9.17) is 0 Å². The maximum atomic E-state index is 11.2. The van der Waals surface area contributed by atoms with Gasteiger partial charge in [0.25, 0.3) is 0 Å². The van der Waals surface area contributed by atoms with Crippen LogP contribution in [0.25, 0.3) is 0 Å². The highest BCUT2D eigenvalue weighted by Crippen LogP contribution is 2.44. The molecular formula is C15H20N2O2. The van der Waals surface area contributed by atoms with Gasteiger partial charge < -0.3 is 15.3 Å². The highest BCUT2D eigenvalue weighted by atomic mass is 16.4. The number of carbonyl (C=O) groups is 1. The van der Waals surface area contributed by atoms with Crippen molar-refractivity contribution in [3.05, 3.63) is 29.8 Å². The second kappa shape index (κ2) is 4.76. The van der Waals surface area contributed by atoms with E-state index < -0.39 is 6.09 Å². The molecule has 0 spiro atoms. The molecule has 1 heterocycles. The van der Waals surface area contributed by atoms with E-state index >= 15 is 0 Å². The lowest BCUT2D eigenvalue weighted by molar-refractivity contribution is 0.110. The summed E-state index contributed by atoms with van der Waals surface area (Å²) < 4.78 is 0. The molecule has 1 aliphatic heterocycles. The smallest absolute Gasteiger partial charge is 0.407 e. The lowest BCUT2D eigenvalue weighted by Gasteiger charge is -2.37. The molecule has 2 aliphatic rings. The van der Waals surface area contributed by atoms with E-state index in [1.807, 2.05) is 6.92 Å². The Morgan fingerprint density at radius 1 is 1.42 bits per heavy atom. The lowest BCUT2D eigenvalue weighted by atomic mass is 9.80. The van der Waals surface area contributed by atoms with Gasteiger partial charge in [-0.2, -0.15) is 0 Å². The summed E-state index contributed by atoms with van der Waals surface area (Å²) in [6, 6.07) is 9.01. The van der Waals surface area contributed by atoms with Crippen LogP contribution >= 0.6 is 0 Å². The molecule has 19 heavy (non-hydrogen) atoms. The molecule has 3 unspecified atom stereocenters. The zero-order chi connectivity index (χ0) is 13.4. The molecule has 4 heteroatoms. The fraction of sp³-hybridized carbons (Fsp3) is 0.533. The zero-order valence-electron chi connectivity index (χ0n) is 11.2. The molecule has 0 radical (unpaired) electrons. The molecule has 1 fully saturated rings. The number of fused-ring (bicyclic) bond motifs is 3. The molecular weight excluding hydrogens is 240 g/mol. The predicted molar refractivity (Wildman–Crippen MR) is 74.6 cm³/mol. The van der Waals surface area contributed by atoms with Crippen LogP contribution in [0.2, 0.25) is 0 Å². The SMILES string of the molecule is CCN(C(=O)O)C1CCC2c3ccccc3NC2C1. The number of amides is 1. The van der Waals surface area contributed by atoms with Gasteiger partial charge in [0.2, 0.25) is 0 Å². The fourth-order valence-electron chi connectivity index (χ4n) is 3.66. The van der Waals surface area contributed by atoms with Crippen LogP contribution in [-0.4, -0.2) is 34.7 Å². The monoisotopic (exact) mass is 260 g/mol. The van der Waals surface area contributed by atoms with Crippen molar-refractivity contribution in [2.24, 2.45) is 0 Å². The summed E-state index contributed by atoms with van der Waals surface area (Å²) in [5.41, 5.74) is 2.64. The van der Waals surface area contributed by atoms with Gasteiger partial charge in [0, 0.05) is 30.2 Å². The predicted octanol–water partition coefficient (Wildman–Crippen LogP) is 3.12. The number of anilines is 1. The number of carboxylic acid groups (broad SMARTS) is 1. The van der Waals surface area contributed by atoms with Gasteiger partial charge in [0.1, 0.15) is 0 Å². The van der Waals surface area contributed by atoms with Crippen LogP contribution in [0.15, 0.2) is 24.3 Å². The summed E-state index contributed by atoms with van der Waals surface area (Å²) in [6.07, 6.45) is 2.17. The van der Waals surface area contributed by atoms with Crippen molar-refractivity contribution in [2.45, 2.75) is 44.2 Å². The molecule has 3 rings (SSSR count). The Kier molecular flexibility index (Phi) is 3.09. The molecule has 1 aromatic carbocycles. The second-order valence-corrected chi connectivity index (χ2v) is 5.48. The van der Waals surface area contributed by atoms with Crippen molar-refractivity contribution < 1.29 is 9.90 Å². The van der Waals surface area contributed by atoms with Crippen LogP contribution in [0.3, 0.4) is 0 Å². The Morgan fingerprint density at radius 2 is 2.21 bits per heavy atom. The molecule has 4 nitrogen and oxygen atoms in total. The van der Waals surface area contributed by atoms with Gasteiger partial charge in [-0.3, -0.25) is 0 Å². The second-order valence-electron chi connectivity index (χ2n) is 5.48. The maximum absolute atomic E-state index is 11.2. The van der Waals surface area contributed by atoms with Gasteiger partial charge in [-0.05, 0) is 37.8 Å². The first-order chi connectivity index (χ1) is 9.20. The van der Waals surface area contributed by atoms with Crippen LogP contribution in [0.4, 0.5) is 10.5 Å². The van der Waals surface area contributed by atoms with E-state index in [0.29, 0.717) is 18.5 Å². The topological polar surface area (TPSA) is 52.6 Å². The van der Waals surface area contributed by atoms with Gasteiger partial charge in [-0.1, -0.05) is 18.2 Å². The summed E-state index contributed by atoms with van der Waals surface area (Å²) in [4.78, 5) is 12.8. The normalized spacial score (nSPS) is 28.2. The Hall–Kier alpha value is -1.71. The van der Waals surface area contributed by atoms with Crippen molar-refractivity contribution in [1.82, 2.24) is 4.90 Å². The third kappa shape index (κ3) is 2.05. The van der Waals surface area contributed by atoms with Crippen LogP contribution in [0, 0.1) is 0 Å². The fourth-order valence-corrected chi connectivity index (χ4v) is 3.66. The zero-order valence-corrected chi connectivity index (χ0v) is 11.2. The lowest BCUT2D eigenvalue weighted by Crippen LogP contribution is -2.45. The molecule has 0 aromatic heterocycles. The third-order valence-electron chi connectivity index (χ3n) is 4.55. The quantitative estimate of drug-likeness (QED) is 0.859. The molecule has 1 aliphatic carbocycles. The summed E-state index contributed by atoms with van der Waals surface area (Å²) >= 11 is 0. The van der Waals surface area contributed by atoms with E-state index in [2.05, 4.69) is 29.6 Å². The summed E-state index contributed by atoms with van der Waals surface area (Å²) in [6.45, 7) is 2.49. The number of nitrogens with one attached hydrogen (secondary N) is 1. The number of nitrogens with zero attached hydrogens (tertiary/aromatic N) is 1. The van der Waals surface area contributed by atoms with Gasteiger partial charge in [0.05, 0.1) is 0 Å². The number of rotatable bonds is 2. The van der Waals surface area contributed by atoms with Gasteiger partial charge in [-0.15, -0.1) is 0 Å². The third-order valence-corrected chi connectivity index (χ3v) is 4.55. The minimum Gasteiger partial charge on any atom is -0.465 e. The standard InChI is InChI=1S/C15H20N2O2/c1-2-17(15(18)19)10-7-8-12-11-5-3-4-6-13(11)16-14(12)9-10/h3-6,10,12,14,16H,2,7-9H2,1H3,(H,18,19). The Morgan fingerprint density at radius 3 is 2.95 bits per heavy atom. The van der Waals surface area contributed by atoms with Crippen LogP contribution in [0.1, 0.15) is 37.7 Å². The highest BCUT2D eigenvalue weighted by molar-refractivity contribution is 5.65. The highest BCUT2D eigenvalue weighted by Gasteiger charge is 2.39. The van der Waals surface area contributed by atoms with Crippen LogP contribution < -0.4 is 5.32 Å². The van der Waals surface area contributed by atoms with Gasteiger partial charge in [-0.25, -0.2) is 4.79 Å². The van der Waals surface area contributed by atoms with Crippen molar-refractivity contribution in [3.8, 4) is 0 Å². The first-order valence-electron chi connectivity index (χ1n) is 7.05. The maximum Gasteiger partial charge on any atom is 0.407 e. The van der Waals surface area contributed by atoms with Gasteiger partial charge in [0.15, 0.2) is 0 Å². The molecule has 102 valence electrons. The van der Waals surface area contributed by atoms with Crippen molar-refractivity contribution in [2.75, 3.05) is 11.9 Å². The Bertz CT molecular complexity index is 489. The Balaban J connectivity index is 1.76. The average molecular weight is 260 g/mol. The number of hydrogen-bond acceptors (Lipinski definition) is 2. The minimum absolute atomic E-state index is 0.158. The van der Waals surface area contributed by atoms with E-state index in [-0.39, 0.29) is 6.04 Å². The summed E-state index contributed by atoms with van der Waals surface area (Å²) in [5.74, 6) is 0.556. The number of para-hydroxylation sites is 1. The molecule has 1 aromatic rings. The molecule has 0 saturated heterocycles. The minimum atomic E-state index is -0.790.